The molecule has 1 aromatic heterocycles. The standard InChI is InChI=1S/C22H20ClFN4O2/c23-15-5-3-4-14(10-15)22(11-19(25)29,13-8-9-13)27-21(30)17-12-26-28-20(17)16-6-1-2-7-18(16)24/h1-7,10,12-13H,8-9,11H2,(H2,25,29)(H,26,28)(H,27,30)/t22-/m1/s1. The van der Waals surface area contributed by atoms with Crippen LogP contribution in [0.3, 0.4) is 0 Å². The van der Waals surface area contributed by atoms with E-state index in [1.54, 1.807) is 36.4 Å². The van der Waals surface area contributed by atoms with Gasteiger partial charge in [-0.25, -0.2) is 4.39 Å². The van der Waals surface area contributed by atoms with Crippen molar-refractivity contribution < 1.29 is 14.0 Å². The summed E-state index contributed by atoms with van der Waals surface area (Å²) >= 11 is 6.19. The van der Waals surface area contributed by atoms with Gasteiger partial charge in [0.25, 0.3) is 5.91 Å². The van der Waals surface area contributed by atoms with E-state index in [2.05, 4.69) is 15.5 Å². The Morgan fingerprint density at radius 1 is 1.23 bits per heavy atom. The van der Waals surface area contributed by atoms with Gasteiger partial charge < -0.3 is 11.1 Å². The minimum absolute atomic E-state index is 0.0382. The molecule has 154 valence electrons. The molecule has 1 aliphatic carbocycles. The van der Waals surface area contributed by atoms with Gasteiger partial charge in [-0.2, -0.15) is 5.10 Å². The van der Waals surface area contributed by atoms with Gasteiger partial charge in [-0.1, -0.05) is 35.9 Å². The summed E-state index contributed by atoms with van der Waals surface area (Å²) in [5.41, 5.74) is 5.94. The molecule has 2 amide bonds. The lowest BCUT2D eigenvalue weighted by Gasteiger charge is -2.35. The summed E-state index contributed by atoms with van der Waals surface area (Å²) in [7, 11) is 0. The quantitative estimate of drug-likeness (QED) is 0.535. The number of nitrogens with zero attached hydrogens (tertiary/aromatic N) is 1. The summed E-state index contributed by atoms with van der Waals surface area (Å²) in [6.07, 6.45) is 2.95. The maximum atomic E-state index is 14.3. The van der Waals surface area contributed by atoms with E-state index in [1.165, 1.54) is 12.3 Å². The number of carbonyl (C=O) groups excluding carboxylic acids is 2. The first-order valence-corrected chi connectivity index (χ1v) is 9.93. The van der Waals surface area contributed by atoms with E-state index >= 15 is 0 Å². The smallest absolute Gasteiger partial charge is 0.255 e. The van der Waals surface area contributed by atoms with Gasteiger partial charge in [0.15, 0.2) is 0 Å². The molecule has 2 aromatic carbocycles. The van der Waals surface area contributed by atoms with Crippen LogP contribution in [-0.2, 0) is 10.3 Å². The van der Waals surface area contributed by atoms with Gasteiger partial charge >= 0.3 is 0 Å². The number of hydrogen-bond donors (Lipinski definition) is 3. The maximum absolute atomic E-state index is 14.3. The molecule has 0 saturated heterocycles. The summed E-state index contributed by atoms with van der Waals surface area (Å²) in [6, 6.07) is 13.2. The van der Waals surface area contributed by atoms with Gasteiger partial charge in [0.05, 0.1) is 29.4 Å². The average Bonchev–Trinajstić information content (AvgIpc) is 3.45. The topological polar surface area (TPSA) is 101 Å². The summed E-state index contributed by atoms with van der Waals surface area (Å²) < 4.78 is 14.3. The van der Waals surface area contributed by atoms with Crippen molar-refractivity contribution in [1.82, 2.24) is 15.5 Å². The van der Waals surface area contributed by atoms with Gasteiger partial charge in [-0.3, -0.25) is 14.7 Å². The molecule has 1 saturated carbocycles. The summed E-state index contributed by atoms with van der Waals surface area (Å²) in [5, 5.41) is 10.1. The van der Waals surface area contributed by atoms with Crippen LogP contribution in [0.5, 0.6) is 0 Å². The van der Waals surface area contributed by atoms with E-state index in [0.717, 1.165) is 12.8 Å². The number of hydrogen-bond acceptors (Lipinski definition) is 3. The van der Waals surface area contributed by atoms with E-state index in [1.807, 2.05) is 6.07 Å². The van der Waals surface area contributed by atoms with Crippen LogP contribution in [0.25, 0.3) is 11.3 Å². The van der Waals surface area contributed by atoms with Crippen molar-refractivity contribution in [2.24, 2.45) is 11.7 Å². The molecule has 1 heterocycles. The fourth-order valence-electron chi connectivity index (χ4n) is 3.91. The van der Waals surface area contributed by atoms with Crippen molar-refractivity contribution in [3.05, 3.63) is 76.7 Å². The van der Waals surface area contributed by atoms with Crippen LogP contribution in [0.4, 0.5) is 4.39 Å². The van der Waals surface area contributed by atoms with Gasteiger partial charge in [0.1, 0.15) is 5.82 Å². The third-order valence-corrected chi connectivity index (χ3v) is 5.67. The molecular formula is C22H20ClFN4O2. The molecule has 1 fully saturated rings. The first kappa shape index (κ1) is 20.1. The van der Waals surface area contributed by atoms with Crippen molar-refractivity contribution >= 4 is 23.4 Å². The van der Waals surface area contributed by atoms with E-state index in [4.69, 9.17) is 17.3 Å². The molecule has 30 heavy (non-hydrogen) atoms. The molecule has 6 nitrogen and oxygen atoms in total. The SMILES string of the molecule is NC(=O)C[C@](NC(=O)c1cn[nH]c1-c1ccccc1F)(c1cccc(Cl)c1)C1CC1. The molecule has 1 aliphatic rings. The Morgan fingerprint density at radius 2 is 2.00 bits per heavy atom. The third kappa shape index (κ3) is 3.80. The lowest BCUT2D eigenvalue weighted by Crippen LogP contribution is -2.50. The minimum atomic E-state index is -1.00. The molecule has 0 bridgehead atoms. The zero-order chi connectivity index (χ0) is 21.3. The van der Waals surface area contributed by atoms with Crippen LogP contribution in [0.1, 0.15) is 35.2 Å². The Hall–Kier alpha value is -3.19. The highest BCUT2D eigenvalue weighted by Crippen LogP contribution is 2.48. The highest BCUT2D eigenvalue weighted by Gasteiger charge is 2.49. The van der Waals surface area contributed by atoms with Gasteiger partial charge in [-0.05, 0) is 48.6 Å². The highest BCUT2D eigenvalue weighted by molar-refractivity contribution is 6.30. The zero-order valence-electron chi connectivity index (χ0n) is 16.0. The van der Waals surface area contributed by atoms with Gasteiger partial charge in [0, 0.05) is 10.6 Å². The Balaban J connectivity index is 1.75. The predicted molar refractivity (Wildman–Crippen MR) is 111 cm³/mol. The second-order valence-corrected chi connectivity index (χ2v) is 7.93. The zero-order valence-corrected chi connectivity index (χ0v) is 16.7. The number of aromatic nitrogens is 2. The van der Waals surface area contributed by atoms with Crippen LogP contribution >= 0.6 is 11.6 Å². The molecule has 4 rings (SSSR count). The number of aromatic amines is 1. The second kappa shape index (κ2) is 7.91. The third-order valence-electron chi connectivity index (χ3n) is 5.43. The van der Waals surface area contributed by atoms with Crippen molar-refractivity contribution in [3.8, 4) is 11.3 Å². The largest absolute Gasteiger partial charge is 0.370 e. The van der Waals surface area contributed by atoms with Crippen molar-refractivity contribution in [3.63, 3.8) is 0 Å². The normalized spacial score (nSPS) is 15.4. The Labute approximate surface area is 177 Å². The van der Waals surface area contributed by atoms with Gasteiger partial charge in [0.2, 0.25) is 5.91 Å². The molecule has 4 N–H and O–H groups in total. The number of benzene rings is 2. The molecule has 3 aromatic rings. The van der Waals surface area contributed by atoms with Crippen molar-refractivity contribution in [1.29, 1.82) is 0 Å². The van der Waals surface area contributed by atoms with E-state index in [-0.39, 0.29) is 29.2 Å². The Morgan fingerprint density at radius 3 is 2.67 bits per heavy atom. The number of nitrogens with two attached hydrogens (primary N) is 1. The average molecular weight is 427 g/mol. The fraction of sp³-hybridized carbons (Fsp3) is 0.227. The minimum Gasteiger partial charge on any atom is -0.370 e. The highest BCUT2D eigenvalue weighted by atomic mass is 35.5. The molecule has 0 spiro atoms. The number of carbonyl (C=O) groups is 2. The first-order chi connectivity index (χ1) is 14.4. The predicted octanol–water partition coefficient (Wildman–Crippen LogP) is 3.78. The summed E-state index contributed by atoms with van der Waals surface area (Å²) in [5.74, 6) is -1.45. The number of rotatable bonds is 7. The molecule has 0 aliphatic heterocycles. The Kier molecular flexibility index (Phi) is 5.30. The van der Waals surface area contributed by atoms with E-state index in [0.29, 0.717) is 10.6 Å². The van der Waals surface area contributed by atoms with E-state index < -0.39 is 23.2 Å². The van der Waals surface area contributed by atoms with Crippen molar-refractivity contribution in [2.75, 3.05) is 0 Å². The van der Waals surface area contributed by atoms with Gasteiger partial charge in [-0.15, -0.1) is 0 Å². The van der Waals surface area contributed by atoms with Crippen LogP contribution < -0.4 is 11.1 Å². The van der Waals surface area contributed by atoms with Crippen LogP contribution in [-0.4, -0.2) is 22.0 Å². The lowest BCUT2D eigenvalue weighted by atomic mass is 9.81. The monoisotopic (exact) mass is 426 g/mol. The molecular weight excluding hydrogens is 407 g/mol. The lowest BCUT2D eigenvalue weighted by molar-refractivity contribution is -0.119. The van der Waals surface area contributed by atoms with Crippen LogP contribution in [0, 0.1) is 11.7 Å². The number of amides is 2. The molecule has 1 atom stereocenters. The van der Waals surface area contributed by atoms with E-state index in [9.17, 15) is 14.0 Å². The molecule has 0 radical (unpaired) electrons. The summed E-state index contributed by atoms with van der Waals surface area (Å²) in [6.45, 7) is 0. The fourth-order valence-corrected chi connectivity index (χ4v) is 4.11. The second-order valence-electron chi connectivity index (χ2n) is 7.49. The molecule has 0 unspecified atom stereocenters. The Bertz CT molecular complexity index is 1110. The number of H-pyrrole nitrogens is 1. The van der Waals surface area contributed by atoms with Crippen molar-refractivity contribution in [2.45, 2.75) is 24.8 Å². The number of halogens is 2. The van der Waals surface area contributed by atoms with Crippen LogP contribution in [0.15, 0.2) is 54.7 Å². The summed E-state index contributed by atoms with van der Waals surface area (Å²) in [4.78, 5) is 25.3. The van der Waals surface area contributed by atoms with Crippen LogP contribution in [0.2, 0.25) is 5.02 Å². The number of nitrogens with one attached hydrogen (secondary N) is 2. The number of primary amides is 1. The first-order valence-electron chi connectivity index (χ1n) is 9.56. The maximum Gasteiger partial charge on any atom is 0.255 e. The molecule has 8 heteroatoms.